The Morgan fingerprint density at radius 2 is 1.86 bits per heavy atom. The van der Waals surface area contributed by atoms with Crippen molar-refractivity contribution in [3.05, 3.63) is 71.9 Å². The molecule has 108 valence electrons. The van der Waals surface area contributed by atoms with Crippen LogP contribution in [0.15, 0.2) is 60.8 Å². The zero-order chi connectivity index (χ0) is 14.5. The molecule has 1 saturated heterocycles. The third-order valence-corrected chi connectivity index (χ3v) is 4.05. The number of aromatic amines is 1. The van der Waals surface area contributed by atoms with Gasteiger partial charge in [0.25, 0.3) is 0 Å². The van der Waals surface area contributed by atoms with Gasteiger partial charge in [0.1, 0.15) is 0 Å². The van der Waals surface area contributed by atoms with Crippen molar-refractivity contribution < 1.29 is 0 Å². The van der Waals surface area contributed by atoms with Crippen LogP contribution in [-0.2, 0) is 0 Å². The lowest BCUT2D eigenvalue weighted by atomic mass is 9.97. The molecule has 2 nitrogen and oxygen atoms in total. The van der Waals surface area contributed by atoms with Crippen LogP contribution in [0.3, 0.4) is 0 Å². The highest BCUT2D eigenvalue weighted by atomic mass is 14.9. The van der Waals surface area contributed by atoms with Crippen LogP contribution in [-0.4, -0.2) is 18.1 Å². The summed E-state index contributed by atoms with van der Waals surface area (Å²) < 4.78 is 0. The standard InChI is InChI=1S/C12H14N2.C7H8/c1-2-12-10(4-6-14-12)7-9(1)11-3-5-13-8-11;1-7-5-3-2-4-6-7/h1-2,4,6-7,11,13-14H,3,5,8H2;2-6H,1H3. The number of aromatic nitrogens is 1. The Hall–Kier alpha value is -2.06. The van der Waals surface area contributed by atoms with Gasteiger partial charge in [0.05, 0.1) is 0 Å². The van der Waals surface area contributed by atoms with Gasteiger partial charge in [0.15, 0.2) is 0 Å². The van der Waals surface area contributed by atoms with Crippen molar-refractivity contribution in [3.8, 4) is 0 Å². The molecule has 1 atom stereocenters. The summed E-state index contributed by atoms with van der Waals surface area (Å²) in [5, 5.41) is 4.73. The number of hydrogen-bond acceptors (Lipinski definition) is 1. The average Bonchev–Trinajstić information content (AvgIpc) is 3.19. The van der Waals surface area contributed by atoms with E-state index in [1.807, 2.05) is 24.4 Å². The molecule has 1 aromatic heterocycles. The van der Waals surface area contributed by atoms with Crippen molar-refractivity contribution in [1.29, 1.82) is 0 Å². The second kappa shape index (κ2) is 6.59. The molecule has 1 aliphatic rings. The van der Waals surface area contributed by atoms with Crippen molar-refractivity contribution in [3.63, 3.8) is 0 Å². The lowest BCUT2D eigenvalue weighted by molar-refractivity contribution is 0.765. The van der Waals surface area contributed by atoms with E-state index >= 15 is 0 Å². The summed E-state index contributed by atoms with van der Waals surface area (Å²) in [5.74, 6) is 0.717. The third-order valence-electron chi connectivity index (χ3n) is 4.05. The van der Waals surface area contributed by atoms with Gasteiger partial charge in [-0.15, -0.1) is 0 Å². The summed E-state index contributed by atoms with van der Waals surface area (Å²) in [6.07, 6.45) is 3.28. The average molecular weight is 278 g/mol. The second-order valence-electron chi connectivity index (χ2n) is 5.67. The SMILES string of the molecule is Cc1ccccc1.c1cc2cc(C3CCNC3)ccc2[nH]1. The molecule has 1 aliphatic heterocycles. The molecule has 1 fully saturated rings. The number of hydrogen-bond donors (Lipinski definition) is 2. The molecule has 2 heterocycles. The minimum Gasteiger partial charge on any atom is -0.361 e. The van der Waals surface area contributed by atoms with Crippen molar-refractivity contribution in [2.45, 2.75) is 19.3 Å². The molecule has 0 spiro atoms. The molecule has 0 aliphatic carbocycles. The third kappa shape index (κ3) is 3.53. The van der Waals surface area contributed by atoms with Gasteiger partial charge in [-0.3, -0.25) is 0 Å². The largest absolute Gasteiger partial charge is 0.361 e. The fourth-order valence-electron chi connectivity index (χ4n) is 2.80. The lowest BCUT2D eigenvalue weighted by Crippen LogP contribution is -2.07. The first-order valence-electron chi connectivity index (χ1n) is 7.62. The molecule has 0 saturated carbocycles. The van der Waals surface area contributed by atoms with Crippen molar-refractivity contribution in [2.75, 3.05) is 13.1 Å². The number of nitrogens with one attached hydrogen (secondary N) is 2. The van der Waals surface area contributed by atoms with E-state index < -0.39 is 0 Å². The maximum Gasteiger partial charge on any atom is 0.0454 e. The maximum absolute atomic E-state index is 3.40. The molecular formula is C19H22N2. The Balaban J connectivity index is 0.000000160. The molecule has 3 aromatic rings. The normalized spacial score (nSPS) is 17.5. The second-order valence-corrected chi connectivity index (χ2v) is 5.67. The summed E-state index contributed by atoms with van der Waals surface area (Å²) in [7, 11) is 0. The molecule has 21 heavy (non-hydrogen) atoms. The Kier molecular flexibility index (Phi) is 4.37. The zero-order valence-corrected chi connectivity index (χ0v) is 12.5. The Morgan fingerprint density at radius 3 is 2.52 bits per heavy atom. The van der Waals surface area contributed by atoms with Gasteiger partial charge in [-0.25, -0.2) is 0 Å². The smallest absolute Gasteiger partial charge is 0.0454 e. The molecule has 2 aromatic carbocycles. The fourth-order valence-corrected chi connectivity index (χ4v) is 2.80. The van der Waals surface area contributed by atoms with Crippen LogP contribution in [0.4, 0.5) is 0 Å². The first-order valence-corrected chi connectivity index (χ1v) is 7.62. The van der Waals surface area contributed by atoms with Crippen molar-refractivity contribution >= 4 is 10.9 Å². The van der Waals surface area contributed by atoms with Gasteiger partial charge in [-0.05, 0) is 55.0 Å². The van der Waals surface area contributed by atoms with E-state index in [4.69, 9.17) is 0 Å². The minimum absolute atomic E-state index is 0.717. The summed E-state index contributed by atoms with van der Waals surface area (Å²) in [6, 6.07) is 19.1. The van der Waals surface area contributed by atoms with Gasteiger partial charge >= 0.3 is 0 Å². The van der Waals surface area contributed by atoms with E-state index in [-0.39, 0.29) is 0 Å². The van der Waals surface area contributed by atoms with E-state index in [9.17, 15) is 0 Å². The first kappa shape index (κ1) is 13.9. The highest BCUT2D eigenvalue weighted by molar-refractivity contribution is 5.80. The lowest BCUT2D eigenvalue weighted by Gasteiger charge is -2.08. The fraction of sp³-hybridized carbons (Fsp3) is 0.263. The molecule has 2 heteroatoms. The Morgan fingerprint density at radius 1 is 1.00 bits per heavy atom. The molecule has 0 amide bonds. The summed E-state index contributed by atoms with van der Waals surface area (Å²) in [6.45, 7) is 4.38. The molecule has 0 bridgehead atoms. The predicted molar refractivity (Wildman–Crippen MR) is 89.7 cm³/mol. The molecule has 4 rings (SSSR count). The van der Waals surface area contributed by atoms with Crippen LogP contribution in [0.5, 0.6) is 0 Å². The number of H-pyrrole nitrogens is 1. The van der Waals surface area contributed by atoms with Crippen LogP contribution in [0, 0.1) is 6.92 Å². The number of fused-ring (bicyclic) bond motifs is 1. The highest BCUT2D eigenvalue weighted by Crippen LogP contribution is 2.25. The van der Waals surface area contributed by atoms with E-state index in [1.54, 1.807) is 0 Å². The zero-order valence-electron chi connectivity index (χ0n) is 12.5. The Bertz CT molecular complexity index is 679. The van der Waals surface area contributed by atoms with Crippen molar-refractivity contribution in [2.24, 2.45) is 0 Å². The number of rotatable bonds is 1. The van der Waals surface area contributed by atoms with Gasteiger partial charge in [0, 0.05) is 18.3 Å². The van der Waals surface area contributed by atoms with E-state index in [0.717, 1.165) is 13.1 Å². The van der Waals surface area contributed by atoms with Crippen LogP contribution >= 0.6 is 0 Å². The van der Waals surface area contributed by atoms with Crippen molar-refractivity contribution in [1.82, 2.24) is 10.3 Å². The molecular weight excluding hydrogens is 256 g/mol. The van der Waals surface area contributed by atoms with Gasteiger partial charge in [-0.1, -0.05) is 42.0 Å². The molecule has 0 radical (unpaired) electrons. The number of benzene rings is 2. The monoisotopic (exact) mass is 278 g/mol. The van der Waals surface area contributed by atoms with E-state index in [0.29, 0.717) is 5.92 Å². The van der Waals surface area contributed by atoms with Crippen LogP contribution in [0.1, 0.15) is 23.5 Å². The quantitative estimate of drug-likeness (QED) is 0.684. The van der Waals surface area contributed by atoms with Gasteiger partial charge in [-0.2, -0.15) is 0 Å². The maximum atomic E-state index is 3.40. The van der Waals surface area contributed by atoms with Crippen LogP contribution in [0.2, 0.25) is 0 Å². The topological polar surface area (TPSA) is 27.8 Å². The van der Waals surface area contributed by atoms with Gasteiger partial charge in [0.2, 0.25) is 0 Å². The van der Waals surface area contributed by atoms with Gasteiger partial charge < -0.3 is 10.3 Å². The minimum atomic E-state index is 0.717. The summed E-state index contributed by atoms with van der Waals surface area (Å²) in [5.41, 5.74) is 4.03. The molecule has 2 N–H and O–H groups in total. The highest BCUT2D eigenvalue weighted by Gasteiger charge is 2.16. The first-order chi connectivity index (χ1) is 10.3. The Labute approximate surface area is 126 Å². The summed E-state index contributed by atoms with van der Waals surface area (Å²) >= 11 is 0. The number of aryl methyl sites for hydroxylation is 1. The van der Waals surface area contributed by atoms with Crippen LogP contribution < -0.4 is 5.32 Å². The molecule has 1 unspecified atom stereocenters. The predicted octanol–water partition coefficient (Wildman–Crippen LogP) is 4.24. The van der Waals surface area contributed by atoms with Crippen LogP contribution in [0.25, 0.3) is 10.9 Å². The van der Waals surface area contributed by atoms with E-state index in [2.05, 4.69) is 53.6 Å². The summed E-state index contributed by atoms with van der Waals surface area (Å²) in [4.78, 5) is 3.22. The van der Waals surface area contributed by atoms with E-state index in [1.165, 1.54) is 28.5 Å².